The number of aromatic nitrogens is 1. The molecule has 0 atom stereocenters. The standard InChI is InChI=1S/C19H17N7/c20-17-16(26-19(22)18(17)21)10-15-6-5-14(25-15)9-13-4-3-12(24-13)8-11-2-1-7-23-11/h1-10,26H,20-22H2. The molecule has 1 aromatic rings. The molecule has 3 aliphatic heterocycles. The third-order valence-corrected chi connectivity index (χ3v) is 3.97. The summed E-state index contributed by atoms with van der Waals surface area (Å²) < 4.78 is 0. The molecule has 0 saturated carbocycles. The minimum Gasteiger partial charge on any atom is -0.395 e. The predicted octanol–water partition coefficient (Wildman–Crippen LogP) is 2.53. The molecule has 0 fully saturated rings. The Morgan fingerprint density at radius 2 is 1.38 bits per heavy atom. The van der Waals surface area contributed by atoms with Crippen molar-refractivity contribution in [1.29, 1.82) is 0 Å². The van der Waals surface area contributed by atoms with Gasteiger partial charge in [0.05, 0.1) is 45.6 Å². The zero-order valence-electron chi connectivity index (χ0n) is 13.8. The zero-order valence-corrected chi connectivity index (χ0v) is 13.8. The molecular formula is C19H17N7. The maximum absolute atomic E-state index is 5.92. The number of nitrogen functional groups attached to an aromatic ring is 3. The van der Waals surface area contributed by atoms with Crippen LogP contribution in [0.3, 0.4) is 0 Å². The molecule has 0 saturated heterocycles. The first-order valence-electron chi connectivity index (χ1n) is 8.00. The Balaban J connectivity index is 1.53. The van der Waals surface area contributed by atoms with E-state index in [1.54, 1.807) is 12.3 Å². The van der Waals surface area contributed by atoms with Gasteiger partial charge in [0.25, 0.3) is 0 Å². The topological polar surface area (TPSA) is 131 Å². The molecule has 3 aliphatic rings. The molecule has 0 amide bonds. The number of hydrogen-bond acceptors (Lipinski definition) is 6. The molecule has 7 nitrogen and oxygen atoms in total. The van der Waals surface area contributed by atoms with Gasteiger partial charge in [0.2, 0.25) is 0 Å². The van der Waals surface area contributed by atoms with Crippen LogP contribution in [-0.2, 0) is 0 Å². The molecule has 0 spiro atoms. The van der Waals surface area contributed by atoms with E-state index >= 15 is 0 Å². The summed E-state index contributed by atoms with van der Waals surface area (Å²) in [5, 5.41) is 0. The van der Waals surface area contributed by atoms with Crippen molar-refractivity contribution in [2.45, 2.75) is 0 Å². The first-order chi connectivity index (χ1) is 12.6. The van der Waals surface area contributed by atoms with Crippen LogP contribution in [0.5, 0.6) is 0 Å². The maximum atomic E-state index is 5.92. The Morgan fingerprint density at radius 1 is 0.731 bits per heavy atom. The van der Waals surface area contributed by atoms with Gasteiger partial charge in [0, 0.05) is 6.21 Å². The van der Waals surface area contributed by atoms with Gasteiger partial charge < -0.3 is 22.2 Å². The molecule has 0 bridgehead atoms. The molecule has 7 heteroatoms. The Labute approximate surface area is 150 Å². The molecule has 0 unspecified atom stereocenters. The van der Waals surface area contributed by atoms with Crippen molar-refractivity contribution < 1.29 is 0 Å². The van der Waals surface area contributed by atoms with Crippen LogP contribution >= 0.6 is 0 Å². The number of aromatic amines is 1. The number of nitrogens with one attached hydrogen (secondary N) is 1. The number of rotatable bonds is 3. The number of nitrogens with two attached hydrogens (primary N) is 3. The van der Waals surface area contributed by atoms with E-state index in [0.717, 1.165) is 28.5 Å². The summed E-state index contributed by atoms with van der Waals surface area (Å²) in [6.07, 6.45) is 18.9. The molecule has 128 valence electrons. The third-order valence-electron chi connectivity index (χ3n) is 3.97. The average molecular weight is 343 g/mol. The Morgan fingerprint density at radius 3 is 1.96 bits per heavy atom. The SMILES string of the molecule is Nc1[nH]c(C=C2C=CC(C=C3C=CC(C=C4C=CC=N4)=N3)=N2)c(N)c1N. The number of allylic oxidation sites excluding steroid dienone is 8. The summed E-state index contributed by atoms with van der Waals surface area (Å²) in [6, 6.07) is 0. The first-order valence-corrected chi connectivity index (χ1v) is 8.00. The van der Waals surface area contributed by atoms with Crippen molar-refractivity contribution in [3.63, 3.8) is 0 Å². The van der Waals surface area contributed by atoms with Crippen LogP contribution in [0.1, 0.15) is 5.69 Å². The van der Waals surface area contributed by atoms with E-state index in [-0.39, 0.29) is 0 Å². The lowest BCUT2D eigenvalue weighted by atomic mass is 10.2. The molecule has 7 N–H and O–H groups in total. The monoisotopic (exact) mass is 343 g/mol. The lowest BCUT2D eigenvalue weighted by molar-refractivity contribution is 1.36. The van der Waals surface area contributed by atoms with Gasteiger partial charge in [-0.3, -0.25) is 4.99 Å². The second kappa shape index (κ2) is 6.21. The summed E-state index contributed by atoms with van der Waals surface area (Å²) in [5.74, 6) is 0.358. The molecule has 0 aromatic carbocycles. The molecule has 26 heavy (non-hydrogen) atoms. The minimum absolute atomic E-state index is 0.358. The van der Waals surface area contributed by atoms with Gasteiger partial charge in [-0.05, 0) is 54.7 Å². The average Bonchev–Trinajstić information content (AvgIpc) is 3.39. The fourth-order valence-corrected chi connectivity index (χ4v) is 2.64. The number of aliphatic imine (C=N–C) groups is 3. The van der Waals surface area contributed by atoms with Gasteiger partial charge in [-0.25, -0.2) is 9.98 Å². The van der Waals surface area contributed by atoms with E-state index in [1.807, 2.05) is 48.6 Å². The van der Waals surface area contributed by atoms with E-state index in [9.17, 15) is 0 Å². The van der Waals surface area contributed by atoms with Crippen molar-refractivity contribution in [1.82, 2.24) is 4.98 Å². The molecule has 0 aliphatic carbocycles. The fourth-order valence-electron chi connectivity index (χ4n) is 2.64. The number of hydrogen-bond donors (Lipinski definition) is 4. The Kier molecular flexibility index (Phi) is 3.74. The zero-order chi connectivity index (χ0) is 18.1. The Bertz CT molecular complexity index is 1040. The van der Waals surface area contributed by atoms with Crippen molar-refractivity contribution in [3.8, 4) is 0 Å². The summed E-state index contributed by atoms with van der Waals surface area (Å²) in [5.41, 5.74) is 23.0. The minimum atomic E-state index is 0.358. The van der Waals surface area contributed by atoms with E-state index in [0.29, 0.717) is 22.9 Å². The smallest absolute Gasteiger partial charge is 0.126 e. The van der Waals surface area contributed by atoms with E-state index in [1.165, 1.54) is 0 Å². The Hall–Kier alpha value is -3.87. The lowest BCUT2D eigenvalue weighted by Gasteiger charge is -1.94. The largest absolute Gasteiger partial charge is 0.395 e. The van der Waals surface area contributed by atoms with E-state index in [2.05, 4.69) is 20.0 Å². The van der Waals surface area contributed by atoms with Crippen LogP contribution in [-0.4, -0.2) is 22.6 Å². The highest BCUT2D eigenvalue weighted by Gasteiger charge is 2.11. The summed E-state index contributed by atoms with van der Waals surface area (Å²) in [4.78, 5) is 16.2. The highest BCUT2D eigenvalue weighted by molar-refractivity contribution is 6.11. The van der Waals surface area contributed by atoms with Gasteiger partial charge in [-0.2, -0.15) is 0 Å². The van der Waals surface area contributed by atoms with Crippen LogP contribution in [0, 0.1) is 0 Å². The second-order valence-electron chi connectivity index (χ2n) is 5.86. The van der Waals surface area contributed by atoms with Gasteiger partial charge in [0.15, 0.2) is 0 Å². The van der Waals surface area contributed by atoms with Crippen molar-refractivity contribution in [2.75, 3.05) is 17.2 Å². The van der Waals surface area contributed by atoms with Crippen LogP contribution in [0.25, 0.3) is 6.08 Å². The molecule has 1 aromatic heterocycles. The summed E-state index contributed by atoms with van der Waals surface area (Å²) >= 11 is 0. The second-order valence-corrected chi connectivity index (χ2v) is 5.86. The third kappa shape index (κ3) is 3.05. The molecule has 4 rings (SSSR count). The van der Waals surface area contributed by atoms with Crippen LogP contribution < -0.4 is 17.2 Å². The normalized spacial score (nSPS) is 22.4. The highest BCUT2D eigenvalue weighted by Crippen LogP contribution is 2.28. The van der Waals surface area contributed by atoms with Crippen molar-refractivity contribution in [2.24, 2.45) is 15.0 Å². The molecule has 4 heterocycles. The van der Waals surface area contributed by atoms with E-state index < -0.39 is 0 Å². The quantitative estimate of drug-likeness (QED) is 0.672. The summed E-state index contributed by atoms with van der Waals surface area (Å²) in [6.45, 7) is 0. The van der Waals surface area contributed by atoms with Crippen LogP contribution in [0.2, 0.25) is 0 Å². The van der Waals surface area contributed by atoms with E-state index in [4.69, 9.17) is 17.2 Å². The number of anilines is 3. The maximum Gasteiger partial charge on any atom is 0.126 e. The number of nitrogens with zero attached hydrogens (tertiary/aromatic N) is 3. The predicted molar refractivity (Wildman–Crippen MR) is 109 cm³/mol. The van der Waals surface area contributed by atoms with Gasteiger partial charge >= 0.3 is 0 Å². The number of H-pyrrole nitrogens is 1. The van der Waals surface area contributed by atoms with Crippen molar-refractivity contribution >= 4 is 40.9 Å². The lowest BCUT2D eigenvalue weighted by Crippen LogP contribution is -1.94. The van der Waals surface area contributed by atoms with Gasteiger partial charge in [-0.1, -0.05) is 0 Å². The molecular weight excluding hydrogens is 326 g/mol. The highest BCUT2D eigenvalue weighted by atomic mass is 14.9. The van der Waals surface area contributed by atoms with Gasteiger partial charge in [0.1, 0.15) is 5.82 Å². The summed E-state index contributed by atoms with van der Waals surface area (Å²) in [7, 11) is 0. The fraction of sp³-hybridized carbons (Fsp3) is 0. The van der Waals surface area contributed by atoms with Gasteiger partial charge in [-0.15, -0.1) is 0 Å². The first kappa shape index (κ1) is 15.6. The van der Waals surface area contributed by atoms with Crippen LogP contribution in [0.4, 0.5) is 17.2 Å². The molecule has 0 radical (unpaired) electrons. The van der Waals surface area contributed by atoms with Crippen molar-refractivity contribution in [3.05, 3.63) is 71.4 Å². The van der Waals surface area contributed by atoms with Crippen LogP contribution in [0.15, 0.2) is 80.7 Å².